The van der Waals surface area contributed by atoms with Gasteiger partial charge in [-0.15, -0.1) is 11.3 Å². The van der Waals surface area contributed by atoms with Crippen molar-refractivity contribution in [2.45, 2.75) is 12.5 Å². The molecule has 2 heterocycles. The monoisotopic (exact) mass is 287 g/mol. The lowest BCUT2D eigenvalue weighted by Gasteiger charge is -2.15. The maximum Gasteiger partial charge on any atom is 0.308 e. The van der Waals surface area contributed by atoms with E-state index in [4.69, 9.17) is 0 Å². The van der Waals surface area contributed by atoms with Crippen LogP contribution >= 0.6 is 11.3 Å². The zero-order valence-corrected chi connectivity index (χ0v) is 11.9. The van der Waals surface area contributed by atoms with Crippen LogP contribution in [-0.2, 0) is 11.3 Å². The van der Waals surface area contributed by atoms with Gasteiger partial charge in [0.2, 0.25) is 0 Å². The van der Waals surface area contributed by atoms with E-state index in [1.807, 2.05) is 29.6 Å². The van der Waals surface area contributed by atoms with Gasteiger partial charge in [-0.25, -0.2) is 0 Å². The normalized spacial score (nSPS) is 23.0. The molecule has 1 saturated heterocycles. The van der Waals surface area contributed by atoms with Crippen molar-refractivity contribution in [3.63, 3.8) is 0 Å². The van der Waals surface area contributed by atoms with Gasteiger partial charge < -0.3 is 5.11 Å². The van der Waals surface area contributed by atoms with E-state index >= 15 is 0 Å². The van der Waals surface area contributed by atoms with Gasteiger partial charge in [0.15, 0.2) is 0 Å². The summed E-state index contributed by atoms with van der Waals surface area (Å²) >= 11 is 1.66. The van der Waals surface area contributed by atoms with Crippen LogP contribution in [-0.4, -0.2) is 29.1 Å². The van der Waals surface area contributed by atoms with E-state index in [9.17, 15) is 9.90 Å². The summed E-state index contributed by atoms with van der Waals surface area (Å²) in [5, 5.41) is 11.5. The van der Waals surface area contributed by atoms with E-state index in [1.54, 1.807) is 11.3 Å². The second-order valence-electron chi connectivity index (χ2n) is 5.25. The Morgan fingerprint density at radius 3 is 2.65 bits per heavy atom. The predicted molar refractivity (Wildman–Crippen MR) is 79.9 cm³/mol. The van der Waals surface area contributed by atoms with Gasteiger partial charge in [0.05, 0.1) is 5.92 Å². The van der Waals surface area contributed by atoms with E-state index in [-0.39, 0.29) is 11.8 Å². The van der Waals surface area contributed by atoms with Crippen molar-refractivity contribution in [3.8, 4) is 0 Å². The molecule has 0 spiro atoms. The molecule has 104 valence electrons. The summed E-state index contributed by atoms with van der Waals surface area (Å²) in [6, 6.07) is 14.3. The lowest BCUT2D eigenvalue weighted by Crippen LogP contribution is -2.23. The molecule has 1 fully saturated rings. The number of likely N-dealkylation sites (tertiary alicyclic amines) is 1. The highest BCUT2D eigenvalue weighted by Gasteiger charge is 2.38. The molecule has 1 aromatic heterocycles. The van der Waals surface area contributed by atoms with E-state index in [0.29, 0.717) is 6.54 Å². The first-order valence-electron chi connectivity index (χ1n) is 6.76. The summed E-state index contributed by atoms with van der Waals surface area (Å²) < 4.78 is 0. The quantitative estimate of drug-likeness (QED) is 0.939. The topological polar surface area (TPSA) is 40.5 Å². The average Bonchev–Trinajstić information content (AvgIpc) is 3.08. The number of carboxylic acids is 1. The fourth-order valence-electron chi connectivity index (χ4n) is 2.90. The fourth-order valence-corrected chi connectivity index (χ4v) is 3.78. The molecule has 20 heavy (non-hydrogen) atoms. The average molecular weight is 287 g/mol. The highest BCUT2D eigenvalue weighted by molar-refractivity contribution is 7.10. The molecule has 0 radical (unpaired) electrons. The van der Waals surface area contributed by atoms with Gasteiger partial charge in [0.25, 0.3) is 0 Å². The van der Waals surface area contributed by atoms with Crippen LogP contribution in [0.25, 0.3) is 0 Å². The molecule has 0 amide bonds. The summed E-state index contributed by atoms with van der Waals surface area (Å²) in [5.41, 5.74) is 1.24. The van der Waals surface area contributed by atoms with Crippen molar-refractivity contribution >= 4 is 17.3 Å². The SMILES string of the molecule is O=C(O)[C@H]1CN(Cc2ccccc2)C[C@@H]1c1cccs1. The van der Waals surface area contributed by atoms with Gasteiger partial charge in [0, 0.05) is 30.4 Å². The van der Waals surface area contributed by atoms with E-state index in [1.165, 1.54) is 10.4 Å². The summed E-state index contributed by atoms with van der Waals surface area (Å²) in [7, 11) is 0. The van der Waals surface area contributed by atoms with Crippen LogP contribution in [0.5, 0.6) is 0 Å². The van der Waals surface area contributed by atoms with Crippen LogP contribution in [0.2, 0.25) is 0 Å². The molecule has 1 aliphatic heterocycles. The third-order valence-corrected chi connectivity index (χ3v) is 4.87. The van der Waals surface area contributed by atoms with E-state index in [2.05, 4.69) is 23.1 Å². The number of hydrogen-bond acceptors (Lipinski definition) is 3. The zero-order valence-electron chi connectivity index (χ0n) is 11.1. The molecule has 3 rings (SSSR count). The number of hydrogen-bond donors (Lipinski definition) is 1. The molecular formula is C16H17NO2S. The number of carbonyl (C=O) groups is 1. The molecule has 0 saturated carbocycles. The highest BCUT2D eigenvalue weighted by Crippen LogP contribution is 2.35. The molecule has 0 unspecified atom stereocenters. The van der Waals surface area contributed by atoms with Crippen molar-refractivity contribution in [3.05, 3.63) is 58.3 Å². The summed E-state index contributed by atoms with van der Waals surface area (Å²) in [5.74, 6) is -0.854. The second-order valence-corrected chi connectivity index (χ2v) is 6.23. The van der Waals surface area contributed by atoms with Crippen LogP contribution in [0.4, 0.5) is 0 Å². The Kier molecular flexibility index (Phi) is 3.85. The molecule has 1 aliphatic rings. The van der Waals surface area contributed by atoms with Gasteiger partial charge in [-0.05, 0) is 17.0 Å². The first kappa shape index (κ1) is 13.3. The number of rotatable bonds is 4. The molecule has 2 atom stereocenters. The van der Waals surface area contributed by atoms with Gasteiger partial charge in [0.1, 0.15) is 0 Å². The third kappa shape index (κ3) is 2.76. The first-order valence-corrected chi connectivity index (χ1v) is 7.64. The molecule has 1 N–H and O–H groups in total. The standard InChI is InChI=1S/C16H17NO2S/c18-16(19)14-11-17(9-12-5-2-1-3-6-12)10-13(14)15-7-4-8-20-15/h1-8,13-14H,9-11H2,(H,18,19)/t13-,14-/m0/s1. The Labute approximate surface area is 122 Å². The maximum atomic E-state index is 11.5. The molecule has 4 heteroatoms. The van der Waals surface area contributed by atoms with Crippen LogP contribution in [0, 0.1) is 5.92 Å². The van der Waals surface area contributed by atoms with Crippen molar-refractivity contribution in [2.75, 3.05) is 13.1 Å². The third-order valence-electron chi connectivity index (χ3n) is 3.87. The van der Waals surface area contributed by atoms with Gasteiger partial charge >= 0.3 is 5.97 Å². The molecule has 1 aromatic carbocycles. The fraction of sp³-hybridized carbons (Fsp3) is 0.312. The Bertz CT molecular complexity index is 567. The smallest absolute Gasteiger partial charge is 0.308 e. The molecule has 2 aromatic rings. The zero-order chi connectivity index (χ0) is 13.9. The first-order chi connectivity index (χ1) is 9.74. The predicted octanol–water partition coefficient (Wildman–Crippen LogP) is 3.05. The minimum atomic E-state index is -0.682. The summed E-state index contributed by atoms with van der Waals surface area (Å²) in [6.45, 7) is 2.28. The second kappa shape index (κ2) is 5.77. The van der Waals surface area contributed by atoms with Crippen LogP contribution in [0.1, 0.15) is 16.4 Å². The van der Waals surface area contributed by atoms with Crippen LogP contribution in [0.3, 0.4) is 0 Å². The summed E-state index contributed by atoms with van der Waals surface area (Å²) in [4.78, 5) is 14.9. The largest absolute Gasteiger partial charge is 0.481 e. The highest BCUT2D eigenvalue weighted by atomic mass is 32.1. The minimum absolute atomic E-state index is 0.121. The number of nitrogens with zero attached hydrogens (tertiary/aromatic N) is 1. The number of benzene rings is 1. The molecule has 3 nitrogen and oxygen atoms in total. The Morgan fingerprint density at radius 1 is 1.20 bits per heavy atom. The lowest BCUT2D eigenvalue weighted by atomic mass is 9.95. The van der Waals surface area contributed by atoms with Crippen LogP contribution < -0.4 is 0 Å². The number of thiophene rings is 1. The summed E-state index contributed by atoms with van der Waals surface area (Å²) in [6.07, 6.45) is 0. The Balaban J connectivity index is 1.75. The van der Waals surface area contributed by atoms with E-state index in [0.717, 1.165) is 13.1 Å². The minimum Gasteiger partial charge on any atom is -0.481 e. The molecule has 0 aliphatic carbocycles. The Hall–Kier alpha value is -1.65. The molecule has 0 bridgehead atoms. The molecular weight excluding hydrogens is 270 g/mol. The van der Waals surface area contributed by atoms with Crippen molar-refractivity contribution in [2.24, 2.45) is 5.92 Å². The van der Waals surface area contributed by atoms with Crippen molar-refractivity contribution in [1.29, 1.82) is 0 Å². The van der Waals surface area contributed by atoms with Gasteiger partial charge in [-0.2, -0.15) is 0 Å². The van der Waals surface area contributed by atoms with Gasteiger partial charge in [-0.3, -0.25) is 9.69 Å². The van der Waals surface area contributed by atoms with Crippen LogP contribution in [0.15, 0.2) is 47.8 Å². The Morgan fingerprint density at radius 2 is 2.00 bits per heavy atom. The number of aliphatic carboxylic acids is 1. The van der Waals surface area contributed by atoms with Gasteiger partial charge in [-0.1, -0.05) is 36.4 Å². The van der Waals surface area contributed by atoms with Crippen molar-refractivity contribution in [1.82, 2.24) is 4.90 Å². The van der Waals surface area contributed by atoms with Crippen molar-refractivity contribution < 1.29 is 9.90 Å². The van der Waals surface area contributed by atoms with E-state index < -0.39 is 5.97 Å². The lowest BCUT2D eigenvalue weighted by molar-refractivity contribution is -0.141. The number of carboxylic acid groups (broad SMARTS) is 1. The maximum absolute atomic E-state index is 11.5.